The van der Waals surface area contributed by atoms with Crippen molar-refractivity contribution >= 4 is 11.6 Å². The maximum absolute atomic E-state index is 12.4. The number of anilines is 1. The van der Waals surface area contributed by atoms with E-state index in [-0.39, 0.29) is 5.91 Å². The van der Waals surface area contributed by atoms with Crippen LogP contribution in [0.25, 0.3) is 0 Å². The number of amides is 1. The molecular weight excluding hydrogens is 266 g/mol. The zero-order chi connectivity index (χ0) is 15.4. The highest BCUT2D eigenvalue weighted by Crippen LogP contribution is 2.22. The second kappa shape index (κ2) is 6.35. The number of hydrogen-bond acceptors (Lipinski definition) is 4. The highest BCUT2D eigenvalue weighted by Gasteiger charge is 2.16. The van der Waals surface area contributed by atoms with E-state index < -0.39 is 0 Å². The van der Waals surface area contributed by atoms with Gasteiger partial charge in [0.2, 0.25) is 5.88 Å². The summed E-state index contributed by atoms with van der Waals surface area (Å²) in [7, 11) is 0. The van der Waals surface area contributed by atoms with E-state index in [4.69, 9.17) is 4.74 Å². The molecule has 21 heavy (non-hydrogen) atoms. The Hall–Kier alpha value is -2.43. The van der Waals surface area contributed by atoms with Crippen molar-refractivity contribution in [2.24, 2.45) is 0 Å². The van der Waals surface area contributed by atoms with Crippen LogP contribution in [0, 0.1) is 20.8 Å². The maximum Gasteiger partial charge on any atom is 0.261 e. The summed E-state index contributed by atoms with van der Waals surface area (Å²) in [4.78, 5) is 20.9. The second-order valence-corrected chi connectivity index (χ2v) is 4.78. The minimum absolute atomic E-state index is 0.247. The summed E-state index contributed by atoms with van der Waals surface area (Å²) in [6.45, 7) is 8.07. The summed E-state index contributed by atoms with van der Waals surface area (Å²) in [5.41, 5.74) is 3.85. The van der Waals surface area contributed by atoms with Gasteiger partial charge in [-0.3, -0.25) is 9.78 Å². The van der Waals surface area contributed by atoms with Crippen molar-refractivity contribution in [3.8, 4) is 5.88 Å². The first kappa shape index (κ1) is 15.0. The SMILES string of the molecule is CCOc1ncccc1C(=O)Nc1c(C)cc(C)nc1C. The second-order valence-electron chi connectivity index (χ2n) is 4.78. The molecule has 0 aliphatic rings. The van der Waals surface area contributed by atoms with Crippen molar-refractivity contribution in [3.63, 3.8) is 0 Å². The monoisotopic (exact) mass is 285 g/mol. The number of ether oxygens (including phenoxy) is 1. The molecule has 0 bridgehead atoms. The van der Waals surface area contributed by atoms with E-state index in [9.17, 15) is 4.79 Å². The molecule has 0 saturated carbocycles. The molecule has 0 atom stereocenters. The topological polar surface area (TPSA) is 64.1 Å². The van der Waals surface area contributed by atoms with Crippen molar-refractivity contribution in [3.05, 3.63) is 46.9 Å². The van der Waals surface area contributed by atoms with E-state index in [2.05, 4.69) is 15.3 Å². The molecule has 1 amide bonds. The van der Waals surface area contributed by atoms with Crippen LogP contribution in [0.4, 0.5) is 5.69 Å². The smallest absolute Gasteiger partial charge is 0.261 e. The molecule has 5 nitrogen and oxygen atoms in total. The zero-order valence-corrected chi connectivity index (χ0v) is 12.7. The highest BCUT2D eigenvalue weighted by atomic mass is 16.5. The number of nitrogens with one attached hydrogen (secondary N) is 1. The molecule has 0 aliphatic carbocycles. The number of aromatic nitrogens is 2. The van der Waals surface area contributed by atoms with Gasteiger partial charge in [-0.15, -0.1) is 0 Å². The summed E-state index contributed by atoms with van der Waals surface area (Å²) in [6, 6.07) is 5.35. The van der Waals surface area contributed by atoms with Gasteiger partial charge in [-0.1, -0.05) is 0 Å². The lowest BCUT2D eigenvalue weighted by molar-refractivity contribution is 0.102. The van der Waals surface area contributed by atoms with E-state index in [1.54, 1.807) is 18.3 Å². The van der Waals surface area contributed by atoms with Gasteiger partial charge in [-0.2, -0.15) is 0 Å². The Labute approximate surface area is 124 Å². The summed E-state index contributed by atoms with van der Waals surface area (Å²) in [6.07, 6.45) is 1.60. The van der Waals surface area contributed by atoms with E-state index in [1.807, 2.05) is 33.8 Å². The van der Waals surface area contributed by atoms with Gasteiger partial charge in [0.25, 0.3) is 5.91 Å². The van der Waals surface area contributed by atoms with E-state index in [0.29, 0.717) is 18.1 Å². The largest absolute Gasteiger partial charge is 0.477 e. The molecular formula is C16H19N3O2. The van der Waals surface area contributed by atoms with Gasteiger partial charge in [0, 0.05) is 11.9 Å². The third-order valence-electron chi connectivity index (χ3n) is 3.06. The normalized spacial score (nSPS) is 10.3. The summed E-state index contributed by atoms with van der Waals surface area (Å²) >= 11 is 0. The molecule has 0 radical (unpaired) electrons. The molecule has 2 heterocycles. The molecule has 1 N–H and O–H groups in total. The van der Waals surface area contributed by atoms with Crippen molar-refractivity contribution in [2.45, 2.75) is 27.7 Å². The molecule has 2 aromatic rings. The van der Waals surface area contributed by atoms with Gasteiger partial charge in [0.15, 0.2) is 0 Å². The van der Waals surface area contributed by atoms with E-state index in [0.717, 1.165) is 22.6 Å². The lowest BCUT2D eigenvalue weighted by Gasteiger charge is -2.13. The van der Waals surface area contributed by atoms with Crippen molar-refractivity contribution < 1.29 is 9.53 Å². The zero-order valence-electron chi connectivity index (χ0n) is 12.7. The lowest BCUT2D eigenvalue weighted by Crippen LogP contribution is -2.16. The number of carbonyl (C=O) groups is 1. The minimum Gasteiger partial charge on any atom is -0.477 e. The van der Waals surface area contributed by atoms with Crippen LogP contribution in [0.1, 0.15) is 34.2 Å². The number of hydrogen-bond donors (Lipinski definition) is 1. The lowest BCUT2D eigenvalue weighted by atomic mass is 10.1. The average Bonchev–Trinajstić information content (AvgIpc) is 2.43. The van der Waals surface area contributed by atoms with Gasteiger partial charge in [0.05, 0.1) is 18.0 Å². The van der Waals surface area contributed by atoms with Gasteiger partial charge in [0.1, 0.15) is 5.56 Å². The van der Waals surface area contributed by atoms with Crippen LogP contribution >= 0.6 is 0 Å². The molecule has 5 heteroatoms. The first-order valence-corrected chi connectivity index (χ1v) is 6.87. The molecule has 2 rings (SSSR count). The van der Waals surface area contributed by atoms with Gasteiger partial charge in [-0.25, -0.2) is 4.98 Å². The fraction of sp³-hybridized carbons (Fsp3) is 0.312. The van der Waals surface area contributed by atoms with Crippen LogP contribution in [0.5, 0.6) is 5.88 Å². The third kappa shape index (κ3) is 3.37. The van der Waals surface area contributed by atoms with Crippen LogP contribution in [-0.4, -0.2) is 22.5 Å². The third-order valence-corrected chi connectivity index (χ3v) is 3.06. The minimum atomic E-state index is -0.247. The molecule has 0 aromatic carbocycles. The van der Waals surface area contributed by atoms with Crippen LogP contribution in [-0.2, 0) is 0 Å². The van der Waals surface area contributed by atoms with Crippen molar-refractivity contribution in [1.29, 1.82) is 0 Å². The van der Waals surface area contributed by atoms with Gasteiger partial charge < -0.3 is 10.1 Å². The Balaban J connectivity index is 2.31. The fourth-order valence-corrected chi connectivity index (χ4v) is 2.21. The molecule has 0 unspecified atom stereocenters. The molecule has 2 aromatic heterocycles. The maximum atomic E-state index is 12.4. The Morgan fingerprint density at radius 2 is 2.10 bits per heavy atom. The number of aryl methyl sites for hydroxylation is 3. The van der Waals surface area contributed by atoms with Crippen LogP contribution in [0.3, 0.4) is 0 Å². The number of rotatable bonds is 4. The van der Waals surface area contributed by atoms with Crippen LogP contribution in [0.2, 0.25) is 0 Å². The van der Waals surface area contributed by atoms with Crippen LogP contribution < -0.4 is 10.1 Å². The first-order chi connectivity index (χ1) is 10.0. The predicted molar refractivity (Wildman–Crippen MR) is 81.8 cm³/mol. The quantitative estimate of drug-likeness (QED) is 0.937. The Bertz CT molecular complexity index is 645. The van der Waals surface area contributed by atoms with Crippen molar-refractivity contribution in [2.75, 3.05) is 11.9 Å². The first-order valence-electron chi connectivity index (χ1n) is 6.87. The number of carbonyl (C=O) groups excluding carboxylic acids is 1. The highest BCUT2D eigenvalue weighted by molar-refractivity contribution is 6.06. The standard InChI is InChI=1S/C16H19N3O2/c1-5-21-16-13(7-6-8-17-16)15(20)19-14-10(2)9-11(3)18-12(14)4/h6-9H,5H2,1-4H3,(H,19,20). The molecule has 110 valence electrons. The Morgan fingerprint density at radius 1 is 1.33 bits per heavy atom. The molecule has 0 spiro atoms. The fourth-order valence-electron chi connectivity index (χ4n) is 2.21. The Morgan fingerprint density at radius 3 is 2.76 bits per heavy atom. The molecule has 0 saturated heterocycles. The van der Waals surface area contributed by atoms with Gasteiger partial charge in [-0.05, 0) is 51.5 Å². The summed E-state index contributed by atoms with van der Waals surface area (Å²) < 4.78 is 5.39. The van der Waals surface area contributed by atoms with Gasteiger partial charge >= 0.3 is 0 Å². The Kier molecular flexibility index (Phi) is 4.52. The summed E-state index contributed by atoms with van der Waals surface area (Å²) in [5, 5.41) is 2.90. The number of nitrogens with zero attached hydrogens (tertiary/aromatic N) is 2. The van der Waals surface area contributed by atoms with E-state index in [1.165, 1.54) is 0 Å². The van der Waals surface area contributed by atoms with E-state index >= 15 is 0 Å². The summed E-state index contributed by atoms with van der Waals surface area (Å²) in [5.74, 6) is 0.0938. The average molecular weight is 285 g/mol. The predicted octanol–water partition coefficient (Wildman–Crippen LogP) is 3.05. The van der Waals surface area contributed by atoms with Crippen LogP contribution in [0.15, 0.2) is 24.4 Å². The number of pyridine rings is 2. The van der Waals surface area contributed by atoms with Crippen molar-refractivity contribution in [1.82, 2.24) is 9.97 Å². The molecule has 0 aliphatic heterocycles. The molecule has 0 fully saturated rings.